The van der Waals surface area contributed by atoms with E-state index in [1.165, 1.54) is 18.2 Å². The average molecular weight is 617 g/mol. The molecule has 1 N–H and O–H groups in total. The molecule has 0 radical (unpaired) electrons. The first-order valence-electron chi connectivity index (χ1n) is 14.3. The molecule has 0 aliphatic carbocycles. The van der Waals surface area contributed by atoms with E-state index in [9.17, 15) is 22.7 Å². The first-order valence-corrected chi connectivity index (χ1v) is 17.2. The van der Waals surface area contributed by atoms with Crippen molar-refractivity contribution in [1.82, 2.24) is 0 Å². The average Bonchev–Trinajstić information content (AvgIpc) is 3.32. The van der Waals surface area contributed by atoms with Gasteiger partial charge in [-0.25, -0.2) is 4.39 Å². The molecule has 1 heterocycles. The van der Waals surface area contributed by atoms with Crippen LogP contribution in [0, 0.1) is 18.7 Å². The molecule has 10 heteroatoms. The van der Waals surface area contributed by atoms with Crippen LogP contribution in [0.1, 0.15) is 37.5 Å². The van der Waals surface area contributed by atoms with E-state index in [4.69, 9.17) is 9.16 Å². The Morgan fingerprint density at radius 2 is 1.65 bits per heavy atom. The number of hydrogen-bond acceptors (Lipinski definition) is 5. The molecule has 5 nitrogen and oxygen atoms in total. The van der Waals surface area contributed by atoms with Crippen molar-refractivity contribution in [2.75, 3.05) is 25.3 Å². The lowest BCUT2D eigenvalue weighted by molar-refractivity contribution is -0.0635. The van der Waals surface area contributed by atoms with Crippen LogP contribution in [0.25, 0.3) is 11.1 Å². The number of rotatable bonds is 9. The third-order valence-electron chi connectivity index (χ3n) is 8.68. The molecule has 3 aromatic rings. The molecule has 2 unspecified atom stereocenters. The summed E-state index contributed by atoms with van der Waals surface area (Å²) >= 11 is 0. The maximum Gasteiger partial charge on any atom is 0.431 e. The number of hydrazone groups is 1. The predicted molar refractivity (Wildman–Crippen MR) is 166 cm³/mol. The Hall–Kier alpha value is -3.21. The second-order valence-electron chi connectivity index (χ2n) is 12.6. The minimum atomic E-state index is -4.65. The first-order chi connectivity index (χ1) is 20.1. The van der Waals surface area contributed by atoms with Crippen LogP contribution < -0.4 is 9.75 Å². The lowest BCUT2D eigenvalue weighted by Gasteiger charge is -2.38. The second-order valence-corrected chi connectivity index (χ2v) is 17.4. The van der Waals surface area contributed by atoms with Crippen molar-refractivity contribution in [3.63, 3.8) is 0 Å². The molecule has 43 heavy (non-hydrogen) atoms. The number of alkyl halides is 3. The molecule has 232 valence electrons. The topological polar surface area (TPSA) is 54.3 Å². The molecule has 0 bridgehead atoms. The molecule has 1 aliphatic rings. The van der Waals surface area contributed by atoms with Gasteiger partial charge in [0.2, 0.25) is 0 Å². The number of benzene rings is 3. The van der Waals surface area contributed by atoms with Gasteiger partial charge in [-0.1, -0.05) is 51.1 Å². The molecule has 0 spiro atoms. The van der Waals surface area contributed by atoms with Crippen LogP contribution in [0.15, 0.2) is 65.8 Å². The number of anilines is 1. The number of aryl methyl sites for hydroxylation is 1. The zero-order chi connectivity index (χ0) is 31.7. The van der Waals surface area contributed by atoms with Gasteiger partial charge in [0.1, 0.15) is 17.3 Å². The molecular formula is C33H40F4N2O3Si. The van der Waals surface area contributed by atoms with Crippen LogP contribution in [0.4, 0.5) is 23.2 Å². The van der Waals surface area contributed by atoms with Crippen LogP contribution in [0.5, 0.6) is 5.75 Å². The smallest absolute Gasteiger partial charge is 0.431 e. The number of nitrogens with zero attached hydrogens (tertiary/aromatic N) is 2. The quantitative estimate of drug-likeness (QED) is 0.195. The number of methoxy groups -OCH3 is 1. The summed E-state index contributed by atoms with van der Waals surface area (Å²) in [6.07, 6.45) is -4.07. The molecule has 0 saturated carbocycles. The van der Waals surface area contributed by atoms with Gasteiger partial charge in [-0.15, -0.1) is 0 Å². The molecular weight excluding hydrogens is 576 g/mol. The van der Waals surface area contributed by atoms with Crippen LogP contribution >= 0.6 is 0 Å². The van der Waals surface area contributed by atoms with Gasteiger partial charge >= 0.3 is 6.18 Å². The summed E-state index contributed by atoms with van der Waals surface area (Å²) in [6.45, 7) is 11.4. The Morgan fingerprint density at radius 3 is 2.21 bits per heavy atom. The Kier molecular flexibility index (Phi) is 9.44. The van der Waals surface area contributed by atoms with Crippen LogP contribution in [-0.4, -0.2) is 51.7 Å². The van der Waals surface area contributed by atoms with E-state index in [0.717, 1.165) is 22.3 Å². The van der Waals surface area contributed by atoms with Crippen molar-refractivity contribution in [3.05, 3.63) is 83.2 Å². The number of halogens is 4. The molecule has 0 fully saturated rings. The molecule has 0 aromatic heterocycles. The van der Waals surface area contributed by atoms with Crippen molar-refractivity contribution in [3.8, 4) is 16.9 Å². The Labute approximate surface area is 252 Å². The highest BCUT2D eigenvalue weighted by Crippen LogP contribution is 2.40. The van der Waals surface area contributed by atoms with E-state index < -0.39 is 38.8 Å². The second kappa shape index (κ2) is 12.4. The monoisotopic (exact) mass is 616 g/mol. The molecule has 0 amide bonds. The predicted octanol–water partition coefficient (Wildman–Crippen LogP) is 8.14. The highest BCUT2D eigenvalue weighted by Gasteiger charge is 2.51. The third kappa shape index (κ3) is 7.13. The fourth-order valence-corrected chi connectivity index (χ4v) is 5.97. The summed E-state index contributed by atoms with van der Waals surface area (Å²) in [5.41, 5.74) is 3.68. The minimum Gasteiger partial charge on any atom is -0.497 e. The number of aliphatic hydroxyl groups is 1. The van der Waals surface area contributed by atoms with Crippen molar-refractivity contribution in [2.45, 2.75) is 64.5 Å². The van der Waals surface area contributed by atoms with E-state index in [0.29, 0.717) is 23.4 Å². The minimum absolute atomic E-state index is 0.163. The lowest BCUT2D eigenvalue weighted by atomic mass is 9.95. The van der Waals surface area contributed by atoms with E-state index in [1.54, 1.807) is 24.3 Å². The Morgan fingerprint density at radius 1 is 0.977 bits per heavy atom. The largest absolute Gasteiger partial charge is 0.497 e. The fraction of sp³-hybridized carbons (Fsp3) is 0.424. The fourth-order valence-electron chi connectivity index (χ4n) is 4.94. The zero-order valence-corrected chi connectivity index (χ0v) is 26.7. The Balaban J connectivity index is 1.54. The van der Waals surface area contributed by atoms with E-state index in [1.807, 2.05) is 71.1 Å². The Bertz CT molecular complexity index is 1470. The van der Waals surface area contributed by atoms with Gasteiger partial charge in [0.15, 0.2) is 8.32 Å². The molecule has 0 saturated heterocycles. The van der Waals surface area contributed by atoms with Gasteiger partial charge in [0.05, 0.1) is 31.4 Å². The highest BCUT2D eigenvalue weighted by atomic mass is 28.4. The maximum atomic E-state index is 14.5. The number of hydrogen-bond donors (Lipinski definition) is 1. The SMILES string of the molecule is COc1ccc(F)c(-c2ccc(Cc3ccc(N4N=C(C(F)(F)F)C(CO[Si](C)(C)C(C)(C)C)C4CO)cc3)c(C)c2)c1. The number of ether oxygens (including phenoxy) is 1. The van der Waals surface area contributed by atoms with Crippen LogP contribution in [0.3, 0.4) is 0 Å². The summed E-state index contributed by atoms with van der Waals surface area (Å²) in [5.74, 6) is -0.882. The highest BCUT2D eigenvalue weighted by molar-refractivity contribution is 6.74. The van der Waals surface area contributed by atoms with Crippen molar-refractivity contribution < 1.29 is 31.8 Å². The third-order valence-corrected chi connectivity index (χ3v) is 13.2. The first kappa shape index (κ1) is 32.7. The standard InChI is InChI=1S/C33H40F4N2O3Si/c1-21-16-24(27-18-26(41-5)14-15-29(27)34)11-10-23(21)17-22-8-12-25(13-9-22)39-30(19-40)28(31(38-39)33(35,36)37)20-42-43(6,7)32(2,3)4/h8-16,18,28,30,40H,17,19-20H2,1-7H3. The molecule has 2 atom stereocenters. The lowest BCUT2D eigenvalue weighted by Crippen LogP contribution is -2.47. The normalized spacial score (nSPS) is 17.8. The summed E-state index contributed by atoms with van der Waals surface area (Å²) in [5, 5.41) is 15.3. The summed E-state index contributed by atoms with van der Waals surface area (Å²) in [4.78, 5) is 0. The van der Waals surface area contributed by atoms with Gasteiger partial charge < -0.3 is 14.3 Å². The van der Waals surface area contributed by atoms with Crippen molar-refractivity contribution in [2.24, 2.45) is 11.0 Å². The summed E-state index contributed by atoms with van der Waals surface area (Å²) in [6, 6.07) is 16.6. The maximum absolute atomic E-state index is 14.5. The number of aliphatic hydroxyl groups excluding tert-OH is 1. The zero-order valence-electron chi connectivity index (χ0n) is 25.7. The van der Waals surface area contributed by atoms with Gasteiger partial charge in [0, 0.05) is 12.2 Å². The van der Waals surface area contributed by atoms with Crippen LogP contribution in [0.2, 0.25) is 18.1 Å². The van der Waals surface area contributed by atoms with E-state index in [-0.39, 0.29) is 17.5 Å². The van der Waals surface area contributed by atoms with Gasteiger partial charge in [-0.3, -0.25) is 5.01 Å². The van der Waals surface area contributed by atoms with Crippen LogP contribution in [-0.2, 0) is 10.8 Å². The van der Waals surface area contributed by atoms with Crippen molar-refractivity contribution >= 4 is 19.7 Å². The van der Waals surface area contributed by atoms with Crippen molar-refractivity contribution in [1.29, 1.82) is 0 Å². The van der Waals surface area contributed by atoms with E-state index >= 15 is 0 Å². The molecule has 1 aliphatic heterocycles. The summed E-state index contributed by atoms with van der Waals surface area (Å²) in [7, 11) is -0.794. The van der Waals surface area contributed by atoms with Gasteiger partial charge in [-0.2, -0.15) is 18.3 Å². The van der Waals surface area contributed by atoms with Gasteiger partial charge in [0.25, 0.3) is 0 Å². The van der Waals surface area contributed by atoms with Gasteiger partial charge in [-0.05, 0) is 84.1 Å². The summed E-state index contributed by atoms with van der Waals surface area (Å²) < 4.78 is 68.2. The molecule has 4 rings (SSSR count). The van der Waals surface area contributed by atoms with E-state index in [2.05, 4.69) is 5.10 Å². The molecule has 3 aromatic carbocycles.